The van der Waals surface area contributed by atoms with E-state index in [1.165, 1.54) is 25.9 Å². The van der Waals surface area contributed by atoms with Gasteiger partial charge in [-0.05, 0) is 45.3 Å². The van der Waals surface area contributed by atoms with E-state index in [4.69, 9.17) is 10.2 Å². The maximum absolute atomic E-state index is 8.56. The zero-order chi connectivity index (χ0) is 8.10. The first-order valence-corrected chi connectivity index (χ1v) is 4.37. The monoisotopic (exact) mass is 159 g/mol. The van der Waals surface area contributed by atoms with E-state index in [1.807, 2.05) is 0 Å². The molecule has 0 aromatic carbocycles. The van der Waals surface area contributed by atoms with Crippen LogP contribution in [0, 0.1) is 0 Å². The number of hydrogen-bond donors (Lipinski definition) is 2. The Balaban J connectivity index is 1.94. The number of rotatable bonds is 4. The van der Waals surface area contributed by atoms with Crippen LogP contribution in [0.2, 0.25) is 0 Å². The van der Waals surface area contributed by atoms with Gasteiger partial charge in [0.25, 0.3) is 0 Å². The predicted molar refractivity (Wildman–Crippen MR) is 43.1 cm³/mol. The summed E-state index contributed by atoms with van der Waals surface area (Å²) in [5, 5.41) is 17.1. The molecule has 0 aliphatic carbocycles. The molecule has 11 heavy (non-hydrogen) atoms. The molecule has 0 atom stereocenters. The number of likely N-dealkylation sites (tertiary alicyclic amines) is 1. The summed E-state index contributed by atoms with van der Waals surface area (Å²) >= 11 is 0. The summed E-state index contributed by atoms with van der Waals surface area (Å²) in [5.41, 5.74) is 0. The average molecular weight is 159 g/mol. The van der Waals surface area contributed by atoms with Crippen LogP contribution in [-0.4, -0.2) is 41.0 Å². The van der Waals surface area contributed by atoms with Crippen molar-refractivity contribution in [3.05, 3.63) is 0 Å². The Morgan fingerprint density at radius 2 is 1.82 bits per heavy atom. The van der Waals surface area contributed by atoms with E-state index in [-0.39, 0.29) is 0 Å². The Morgan fingerprint density at radius 1 is 1.18 bits per heavy atom. The molecule has 66 valence electrons. The van der Waals surface area contributed by atoms with Crippen molar-refractivity contribution in [3.63, 3.8) is 0 Å². The van der Waals surface area contributed by atoms with Crippen LogP contribution in [0.25, 0.3) is 0 Å². The highest BCUT2D eigenvalue weighted by molar-refractivity contribution is 4.65. The van der Waals surface area contributed by atoms with Crippen molar-refractivity contribution < 1.29 is 10.2 Å². The molecule has 0 amide bonds. The third-order valence-electron chi connectivity index (χ3n) is 2.14. The van der Waals surface area contributed by atoms with E-state index >= 15 is 0 Å². The van der Waals surface area contributed by atoms with E-state index in [0.29, 0.717) is 6.42 Å². The topological polar surface area (TPSA) is 43.7 Å². The molecule has 0 saturated carbocycles. The molecule has 0 radical (unpaired) electrons. The van der Waals surface area contributed by atoms with Crippen LogP contribution in [-0.2, 0) is 0 Å². The molecule has 0 aromatic heterocycles. The Labute approximate surface area is 67.6 Å². The van der Waals surface area contributed by atoms with Gasteiger partial charge in [0.05, 0.1) is 0 Å². The van der Waals surface area contributed by atoms with Gasteiger partial charge < -0.3 is 15.1 Å². The quantitative estimate of drug-likeness (QED) is 0.575. The first kappa shape index (κ1) is 8.97. The van der Waals surface area contributed by atoms with Gasteiger partial charge in [-0.3, -0.25) is 0 Å². The molecule has 1 aliphatic rings. The number of hydrogen-bond acceptors (Lipinski definition) is 3. The van der Waals surface area contributed by atoms with Crippen molar-refractivity contribution in [1.29, 1.82) is 0 Å². The van der Waals surface area contributed by atoms with Crippen molar-refractivity contribution in [3.8, 4) is 0 Å². The van der Waals surface area contributed by atoms with Crippen LogP contribution < -0.4 is 0 Å². The second-order valence-corrected chi connectivity index (χ2v) is 3.17. The van der Waals surface area contributed by atoms with Crippen molar-refractivity contribution in [1.82, 2.24) is 4.90 Å². The second kappa shape index (κ2) is 4.70. The van der Waals surface area contributed by atoms with Crippen molar-refractivity contribution in [2.75, 3.05) is 19.6 Å². The fraction of sp³-hybridized carbons (Fsp3) is 1.00. The van der Waals surface area contributed by atoms with Gasteiger partial charge in [-0.25, -0.2) is 0 Å². The average Bonchev–Trinajstić information content (AvgIpc) is 2.39. The maximum atomic E-state index is 8.56. The molecule has 3 nitrogen and oxygen atoms in total. The summed E-state index contributed by atoms with van der Waals surface area (Å²) < 4.78 is 0. The highest BCUT2D eigenvalue weighted by atomic mass is 16.5. The zero-order valence-corrected chi connectivity index (χ0v) is 6.87. The molecular weight excluding hydrogens is 142 g/mol. The van der Waals surface area contributed by atoms with Crippen molar-refractivity contribution >= 4 is 0 Å². The SMILES string of the molecule is OC(O)CCCN1CCCC1. The molecule has 0 spiro atoms. The Bertz CT molecular complexity index is 100. The number of nitrogens with zero attached hydrogens (tertiary/aromatic N) is 1. The number of aliphatic hydroxyl groups is 2. The molecular formula is C8H17NO2. The Hall–Kier alpha value is -0.120. The van der Waals surface area contributed by atoms with Crippen molar-refractivity contribution in [2.45, 2.75) is 32.0 Å². The third kappa shape index (κ3) is 3.70. The maximum Gasteiger partial charge on any atom is 0.151 e. The fourth-order valence-corrected chi connectivity index (χ4v) is 1.50. The van der Waals surface area contributed by atoms with Crippen LogP contribution in [0.5, 0.6) is 0 Å². The summed E-state index contributed by atoms with van der Waals surface area (Å²) in [6.45, 7) is 3.42. The van der Waals surface area contributed by atoms with E-state index in [1.54, 1.807) is 0 Å². The molecule has 3 heteroatoms. The van der Waals surface area contributed by atoms with Crippen LogP contribution >= 0.6 is 0 Å². The van der Waals surface area contributed by atoms with Gasteiger partial charge in [0.1, 0.15) is 0 Å². The molecule has 0 aromatic rings. The molecule has 1 fully saturated rings. The molecule has 0 unspecified atom stereocenters. The standard InChI is InChI=1S/C8H17NO2/c10-8(11)4-3-7-9-5-1-2-6-9/h8,10-11H,1-7H2. The van der Waals surface area contributed by atoms with Crippen LogP contribution in [0.3, 0.4) is 0 Å². The fourth-order valence-electron chi connectivity index (χ4n) is 1.50. The van der Waals surface area contributed by atoms with Crippen LogP contribution in [0.15, 0.2) is 0 Å². The van der Waals surface area contributed by atoms with E-state index in [0.717, 1.165) is 13.0 Å². The highest BCUT2D eigenvalue weighted by Gasteiger charge is 2.10. The van der Waals surface area contributed by atoms with Gasteiger partial charge in [0.2, 0.25) is 0 Å². The third-order valence-corrected chi connectivity index (χ3v) is 2.14. The lowest BCUT2D eigenvalue weighted by atomic mass is 10.3. The zero-order valence-electron chi connectivity index (χ0n) is 6.87. The summed E-state index contributed by atoms with van der Waals surface area (Å²) in [5.74, 6) is 0. The summed E-state index contributed by atoms with van der Waals surface area (Å²) in [7, 11) is 0. The minimum Gasteiger partial charge on any atom is -0.368 e. The normalized spacial score (nSPS) is 19.9. The van der Waals surface area contributed by atoms with Gasteiger partial charge in [0, 0.05) is 0 Å². The largest absolute Gasteiger partial charge is 0.368 e. The molecule has 1 aliphatic heterocycles. The van der Waals surface area contributed by atoms with Gasteiger partial charge in [-0.15, -0.1) is 0 Å². The van der Waals surface area contributed by atoms with Crippen LogP contribution in [0.4, 0.5) is 0 Å². The smallest absolute Gasteiger partial charge is 0.151 e. The summed E-state index contributed by atoms with van der Waals surface area (Å²) in [6, 6.07) is 0. The van der Waals surface area contributed by atoms with Crippen LogP contribution in [0.1, 0.15) is 25.7 Å². The first-order valence-electron chi connectivity index (χ1n) is 4.37. The van der Waals surface area contributed by atoms with Gasteiger partial charge in [-0.2, -0.15) is 0 Å². The lowest BCUT2D eigenvalue weighted by molar-refractivity contribution is -0.0472. The first-order chi connectivity index (χ1) is 5.29. The second-order valence-electron chi connectivity index (χ2n) is 3.17. The molecule has 1 saturated heterocycles. The molecule has 1 rings (SSSR count). The molecule has 0 bridgehead atoms. The predicted octanol–water partition coefficient (Wildman–Crippen LogP) is 0.173. The molecule has 2 N–H and O–H groups in total. The van der Waals surface area contributed by atoms with Gasteiger partial charge in [0.15, 0.2) is 6.29 Å². The lowest BCUT2D eigenvalue weighted by Crippen LogP contribution is -2.21. The minimum atomic E-state index is -1.11. The molecule has 1 heterocycles. The number of aliphatic hydroxyl groups excluding tert-OH is 1. The van der Waals surface area contributed by atoms with Crippen molar-refractivity contribution in [2.24, 2.45) is 0 Å². The highest BCUT2D eigenvalue weighted by Crippen LogP contribution is 2.08. The van der Waals surface area contributed by atoms with E-state index in [2.05, 4.69) is 4.90 Å². The Morgan fingerprint density at radius 3 is 2.36 bits per heavy atom. The lowest BCUT2D eigenvalue weighted by Gasteiger charge is -2.13. The summed E-state index contributed by atoms with van der Waals surface area (Å²) in [6.07, 6.45) is 2.91. The van der Waals surface area contributed by atoms with Gasteiger partial charge in [-0.1, -0.05) is 0 Å². The Kier molecular flexibility index (Phi) is 3.83. The summed E-state index contributed by atoms with van der Waals surface area (Å²) in [4.78, 5) is 2.38. The van der Waals surface area contributed by atoms with Gasteiger partial charge >= 0.3 is 0 Å². The van der Waals surface area contributed by atoms with E-state index in [9.17, 15) is 0 Å². The van der Waals surface area contributed by atoms with E-state index < -0.39 is 6.29 Å². The minimum absolute atomic E-state index is 0.510.